The molecule has 5 heteroatoms. The van der Waals surface area contributed by atoms with E-state index in [9.17, 15) is 0 Å². The predicted molar refractivity (Wildman–Crippen MR) is 58.5 cm³/mol. The van der Waals surface area contributed by atoms with E-state index >= 15 is 0 Å². The summed E-state index contributed by atoms with van der Waals surface area (Å²) in [5.41, 5.74) is 0.855. The first-order chi connectivity index (χ1) is 7.40. The van der Waals surface area contributed by atoms with Crippen molar-refractivity contribution in [1.29, 1.82) is 0 Å². The molecule has 78 valence electrons. The molecule has 0 saturated heterocycles. The summed E-state index contributed by atoms with van der Waals surface area (Å²) in [7, 11) is 0. The van der Waals surface area contributed by atoms with Crippen molar-refractivity contribution in [1.82, 2.24) is 15.2 Å². The van der Waals surface area contributed by atoms with E-state index in [0.29, 0.717) is 11.1 Å². The number of nitrogens with zero attached hydrogens (tertiary/aromatic N) is 3. The zero-order valence-corrected chi connectivity index (χ0v) is 9.20. The molecule has 0 amide bonds. The molecule has 2 aromatic heterocycles. The minimum atomic E-state index is 0.529. The van der Waals surface area contributed by atoms with E-state index in [-0.39, 0.29) is 0 Å². The third-order valence-electron chi connectivity index (χ3n) is 1.74. The number of hydrogen-bond donors (Lipinski definition) is 0. The van der Waals surface area contributed by atoms with E-state index in [1.54, 1.807) is 24.2 Å². The highest BCUT2D eigenvalue weighted by Gasteiger charge is 2.07. The normalized spacial score (nSPS) is 10.5. The summed E-state index contributed by atoms with van der Waals surface area (Å²) in [5, 5.41) is 8.53. The van der Waals surface area contributed by atoms with Gasteiger partial charge in [0.2, 0.25) is 5.89 Å². The zero-order chi connectivity index (χ0) is 10.5. The summed E-state index contributed by atoms with van der Waals surface area (Å²) >= 11 is 1.58. The van der Waals surface area contributed by atoms with Crippen molar-refractivity contribution >= 4 is 11.8 Å². The van der Waals surface area contributed by atoms with Crippen LogP contribution in [0.3, 0.4) is 0 Å². The zero-order valence-electron chi connectivity index (χ0n) is 8.38. The van der Waals surface area contributed by atoms with Gasteiger partial charge in [-0.3, -0.25) is 4.98 Å². The van der Waals surface area contributed by atoms with Crippen LogP contribution in [0.15, 0.2) is 34.2 Å². The van der Waals surface area contributed by atoms with Crippen LogP contribution in [0.25, 0.3) is 11.5 Å². The molecule has 4 nitrogen and oxygen atoms in total. The van der Waals surface area contributed by atoms with Crippen LogP contribution in [-0.2, 0) is 0 Å². The van der Waals surface area contributed by atoms with Crippen LogP contribution in [0.2, 0.25) is 0 Å². The standard InChI is InChI=1S/C10H11N3OS/c1-2-6-15-10-13-12-9(14-10)8-4-3-5-11-7-8/h3-5,7H,2,6H2,1H3. The van der Waals surface area contributed by atoms with E-state index < -0.39 is 0 Å². The molecule has 2 aromatic rings. The van der Waals surface area contributed by atoms with Gasteiger partial charge in [-0.05, 0) is 18.6 Å². The number of pyridine rings is 1. The van der Waals surface area contributed by atoms with Gasteiger partial charge in [0.25, 0.3) is 5.22 Å². The number of thioether (sulfide) groups is 1. The highest BCUT2D eigenvalue weighted by atomic mass is 32.2. The minimum absolute atomic E-state index is 0.529. The Morgan fingerprint density at radius 2 is 2.33 bits per heavy atom. The van der Waals surface area contributed by atoms with Crippen molar-refractivity contribution in [3.05, 3.63) is 24.5 Å². The molecule has 0 saturated carbocycles. The van der Waals surface area contributed by atoms with Crippen LogP contribution in [0.1, 0.15) is 13.3 Å². The van der Waals surface area contributed by atoms with Gasteiger partial charge in [0.1, 0.15) is 0 Å². The quantitative estimate of drug-likeness (QED) is 0.743. The highest BCUT2D eigenvalue weighted by molar-refractivity contribution is 7.99. The van der Waals surface area contributed by atoms with Crippen molar-refractivity contribution < 1.29 is 4.42 Å². The first kappa shape index (κ1) is 10.2. The lowest BCUT2D eigenvalue weighted by Gasteiger charge is -1.91. The Labute approximate surface area is 92.1 Å². The molecule has 0 aliphatic carbocycles. The smallest absolute Gasteiger partial charge is 0.276 e. The molecule has 2 heterocycles. The van der Waals surface area contributed by atoms with Gasteiger partial charge < -0.3 is 4.42 Å². The first-order valence-corrected chi connectivity index (χ1v) is 5.75. The van der Waals surface area contributed by atoms with Gasteiger partial charge in [-0.15, -0.1) is 10.2 Å². The highest BCUT2D eigenvalue weighted by Crippen LogP contribution is 2.22. The molecule has 0 atom stereocenters. The van der Waals surface area contributed by atoms with Crippen molar-refractivity contribution in [2.24, 2.45) is 0 Å². The molecule has 0 N–H and O–H groups in total. The Balaban J connectivity index is 2.14. The molecule has 0 bridgehead atoms. The van der Waals surface area contributed by atoms with Crippen molar-refractivity contribution in [3.8, 4) is 11.5 Å². The van der Waals surface area contributed by atoms with Crippen molar-refractivity contribution in [2.75, 3.05) is 5.75 Å². The maximum atomic E-state index is 5.47. The molecule has 0 radical (unpaired) electrons. The van der Waals surface area contributed by atoms with E-state index in [1.807, 2.05) is 12.1 Å². The summed E-state index contributed by atoms with van der Waals surface area (Å²) in [6.45, 7) is 2.12. The Morgan fingerprint density at radius 3 is 3.07 bits per heavy atom. The number of rotatable bonds is 4. The fraction of sp³-hybridized carbons (Fsp3) is 0.300. The average Bonchev–Trinajstić information content (AvgIpc) is 2.76. The van der Waals surface area contributed by atoms with Crippen LogP contribution >= 0.6 is 11.8 Å². The monoisotopic (exact) mass is 221 g/mol. The maximum Gasteiger partial charge on any atom is 0.276 e. The van der Waals surface area contributed by atoms with Gasteiger partial charge in [0, 0.05) is 18.1 Å². The van der Waals surface area contributed by atoms with Gasteiger partial charge in [0.15, 0.2) is 0 Å². The molecular formula is C10H11N3OS. The molecule has 0 aliphatic heterocycles. The van der Waals surface area contributed by atoms with Crippen LogP contribution in [-0.4, -0.2) is 20.9 Å². The largest absolute Gasteiger partial charge is 0.411 e. The number of hydrogen-bond acceptors (Lipinski definition) is 5. The van der Waals surface area contributed by atoms with Crippen LogP contribution in [0.5, 0.6) is 0 Å². The van der Waals surface area contributed by atoms with Crippen molar-refractivity contribution in [2.45, 2.75) is 18.6 Å². The Kier molecular flexibility index (Phi) is 3.34. The average molecular weight is 221 g/mol. The van der Waals surface area contributed by atoms with Gasteiger partial charge in [-0.2, -0.15) is 0 Å². The number of aromatic nitrogens is 3. The fourth-order valence-electron chi connectivity index (χ4n) is 1.06. The Hall–Kier alpha value is -1.36. The second-order valence-electron chi connectivity index (χ2n) is 2.96. The maximum absolute atomic E-state index is 5.47. The first-order valence-electron chi connectivity index (χ1n) is 4.77. The molecule has 0 aliphatic rings. The van der Waals surface area contributed by atoms with E-state index in [4.69, 9.17) is 4.42 Å². The SMILES string of the molecule is CCCSc1nnc(-c2cccnc2)o1. The molecule has 0 aromatic carbocycles. The molecule has 0 spiro atoms. The van der Waals surface area contributed by atoms with Gasteiger partial charge in [-0.1, -0.05) is 18.7 Å². The lowest BCUT2D eigenvalue weighted by atomic mass is 10.3. The van der Waals surface area contributed by atoms with E-state index in [2.05, 4.69) is 22.1 Å². The van der Waals surface area contributed by atoms with Gasteiger partial charge in [0.05, 0.1) is 5.56 Å². The van der Waals surface area contributed by atoms with Crippen molar-refractivity contribution in [3.63, 3.8) is 0 Å². The minimum Gasteiger partial charge on any atom is -0.411 e. The summed E-state index contributed by atoms with van der Waals surface area (Å²) in [6, 6.07) is 3.74. The lowest BCUT2D eigenvalue weighted by molar-refractivity contribution is 0.465. The Bertz CT molecular complexity index is 416. The third kappa shape index (κ3) is 2.56. The van der Waals surface area contributed by atoms with Crippen LogP contribution in [0, 0.1) is 0 Å². The fourth-order valence-corrected chi connectivity index (χ4v) is 1.68. The lowest BCUT2D eigenvalue weighted by Crippen LogP contribution is -1.78. The summed E-state index contributed by atoms with van der Waals surface area (Å²) < 4.78 is 5.47. The van der Waals surface area contributed by atoms with Gasteiger partial charge >= 0.3 is 0 Å². The van der Waals surface area contributed by atoms with E-state index in [1.165, 1.54) is 0 Å². The van der Waals surface area contributed by atoms with Crippen LogP contribution < -0.4 is 0 Å². The van der Waals surface area contributed by atoms with E-state index in [0.717, 1.165) is 17.7 Å². The van der Waals surface area contributed by atoms with Crippen LogP contribution in [0.4, 0.5) is 0 Å². The molecule has 0 fully saturated rings. The predicted octanol–water partition coefficient (Wildman–Crippen LogP) is 2.63. The molecular weight excluding hydrogens is 210 g/mol. The molecule has 0 unspecified atom stereocenters. The molecule has 2 rings (SSSR count). The topological polar surface area (TPSA) is 51.8 Å². The summed E-state index contributed by atoms with van der Waals surface area (Å²) in [4.78, 5) is 4.00. The second kappa shape index (κ2) is 4.93. The second-order valence-corrected chi connectivity index (χ2v) is 4.01. The molecule has 15 heavy (non-hydrogen) atoms. The summed E-state index contributed by atoms with van der Waals surface area (Å²) in [5.74, 6) is 1.52. The van der Waals surface area contributed by atoms with Gasteiger partial charge in [-0.25, -0.2) is 0 Å². The Morgan fingerprint density at radius 1 is 1.40 bits per heavy atom. The summed E-state index contributed by atoms with van der Waals surface area (Å²) in [6.07, 6.45) is 4.52. The third-order valence-corrected chi connectivity index (χ3v) is 2.77.